The molecule has 122 valence electrons. The molecule has 0 aromatic rings. The monoisotopic (exact) mass is 325 g/mol. The molecule has 0 atom stereocenters. The van der Waals surface area contributed by atoms with Crippen molar-refractivity contribution in [2.75, 3.05) is 25.4 Å². The average molecular weight is 326 g/mol. The normalized spacial score (nSPS) is 12.2. The van der Waals surface area contributed by atoms with E-state index in [1.807, 2.05) is 0 Å². The Labute approximate surface area is 128 Å². The molecule has 0 fully saturated rings. The van der Waals surface area contributed by atoms with Gasteiger partial charge in [0.1, 0.15) is 0 Å². The molecular weight excluding hydrogens is 294 g/mol. The van der Waals surface area contributed by atoms with Gasteiger partial charge in [0.15, 0.2) is 0 Å². The van der Waals surface area contributed by atoms with Gasteiger partial charge in [0, 0.05) is 12.3 Å². The molecule has 0 aliphatic rings. The van der Waals surface area contributed by atoms with E-state index in [1.165, 1.54) is 51.4 Å². The van der Waals surface area contributed by atoms with E-state index in [4.69, 9.17) is 4.55 Å². The van der Waals surface area contributed by atoms with E-state index >= 15 is 0 Å². The topological polar surface area (TPSA) is 57.6 Å². The third-order valence-electron chi connectivity index (χ3n) is 3.30. The Bertz CT molecular complexity index is 296. The lowest BCUT2D eigenvalue weighted by Crippen LogP contribution is -2.28. The van der Waals surface area contributed by atoms with Gasteiger partial charge in [0.05, 0.1) is 0 Å². The van der Waals surface area contributed by atoms with E-state index in [0.717, 1.165) is 19.6 Å². The molecule has 0 aromatic heterocycles. The van der Waals surface area contributed by atoms with Crippen LogP contribution in [-0.2, 0) is 9.15 Å². The number of hydrogen-bond donors (Lipinski definition) is 1. The standard InChI is InChI=1S/C14H31NO3S2/c1-3-5-7-9-11-15(12-10-8-6-4-2)13-14-19-20(16,17)18/h3-14H2,1-2H3,(H,16,17,18). The van der Waals surface area contributed by atoms with Crippen molar-refractivity contribution in [2.45, 2.75) is 65.2 Å². The second-order valence-electron chi connectivity index (χ2n) is 5.21. The Balaban J connectivity index is 3.90. The summed E-state index contributed by atoms with van der Waals surface area (Å²) in [5, 5.41) is 0. The van der Waals surface area contributed by atoms with Gasteiger partial charge in [-0.25, -0.2) is 0 Å². The number of rotatable bonds is 14. The van der Waals surface area contributed by atoms with Gasteiger partial charge in [-0.05, 0) is 36.7 Å². The van der Waals surface area contributed by atoms with Crippen LogP contribution in [-0.4, -0.2) is 43.3 Å². The zero-order valence-corrected chi connectivity index (χ0v) is 14.6. The van der Waals surface area contributed by atoms with Crippen molar-refractivity contribution in [1.82, 2.24) is 4.90 Å². The summed E-state index contributed by atoms with van der Waals surface area (Å²) < 4.78 is 30.2. The first-order chi connectivity index (χ1) is 9.49. The van der Waals surface area contributed by atoms with Crippen LogP contribution < -0.4 is 0 Å². The maximum absolute atomic E-state index is 10.7. The van der Waals surface area contributed by atoms with Crippen molar-refractivity contribution in [3.8, 4) is 0 Å². The van der Waals surface area contributed by atoms with Crippen molar-refractivity contribution in [3.05, 3.63) is 0 Å². The summed E-state index contributed by atoms with van der Waals surface area (Å²) in [4.78, 5) is 2.34. The van der Waals surface area contributed by atoms with Gasteiger partial charge >= 0.3 is 9.15 Å². The number of nitrogens with zero attached hydrogens (tertiary/aromatic N) is 1. The lowest BCUT2D eigenvalue weighted by molar-refractivity contribution is 0.276. The lowest BCUT2D eigenvalue weighted by Gasteiger charge is -2.21. The Kier molecular flexibility index (Phi) is 13.1. The fourth-order valence-corrected chi connectivity index (χ4v) is 3.53. The number of hydrogen-bond acceptors (Lipinski definition) is 4. The van der Waals surface area contributed by atoms with Crippen molar-refractivity contribution >= 4 is 19.9 Å². The molecule has 6 heteroatoms. The Hall–Kier alpha value is 0.220. The molecule has 0 rings (SSSR count). The fourth-order valence-electron chi connectivity index (χ4n) is 2.13. The largest absolute Gasteiger partial charge is 0.319 e. The molecule has 0 spiro atoms. The molecule has 1 N–H and O–H groups in total. The molecule has 0 saturated carbocycles. The minimum Gasteiger partial charge on any atom is -0.302 e. The molecule has 0 unspecified atom stereocenters. The van der Waals surface area contributed by atoms with Gasteiger partial charge in [0.25, 0.3) is 0 Å². The lowest BCUT2D eigenvalue weighted by atomic mass is 10.1. The van der Waals surface area contributed by atoms with Gasteiger partial charge < -0.3 is 4.90 Å². The van der Waals surface area contributed by atoms with Gasteiger partial charge in [-0.3, -0.25) is 4.55 Å². The smallest absolute Gasteiger partial charge is 0.302 e. The highest BCUT2D eigenvalue weighted by Gasteiger charge is 2.09. The van der Waals surface area contributed by atoms with E-state index in [1.54, 1.807) is 0 Å². The predicted molar refractivity (Wildman–Crippen MR) is 88.7 cm³/mol. The van der Waals surface area contributed by atoms with E-state index < -0.39 is 9.15 Å². The van der Waals surface area contributed by atoms with Gasteiger partial charge in [0.2, 0.25) is 0 Å². The van der Waals surface area contributed by atoms with E-state index in [0.29, 0.717) is 16.5 Å². The van der Waals surface area contributed by atoms with Crippen LogP contribution in [0.4, 0.5) is 0 Å². The highest BCUT2D eigenvalue weighted by molar-refractivity contribution is 8.69. The first-order valence-electron chi connectivity index (χ1n) is 7.83. The van der Waals surface area contributed by atoms with Crippen molar-refractivity contribution < 1.29 is 13.0 Å². The summed E-state index contributed by atoms with van der Waals surface area (Å²) in [6.45, 7) is 7.22. The first-order valence-corrected chi connectivity index (χ1v) is 10.8. The molecule has 20 heavy (non-hydrogen) atoms. The summed E-state index contributed by atoms with van der Waals surface area (Å²) in [5.74, 6) is 0.445. The summed E-state index contributed by atoms with van der Waals surface area (Å²) in [6.07, 6.45) is 9.84. The fraction of sp³-hybridized carbons (Fsp3) is 1.00. The Morgan fingerprint density at radius 1 is 0.850 bits per heavy atom. The van der Waals surface area contributed by atoms with Gasteiger partial charge in [-0.15, -0.1) is 0 Å². The summed E-state index contributed by atoms with van der Waals surface area (Å²) in [5.41, 5.74) is 0. The van der Waals surface area contributed by atoms with Crippen molar-refractivity contribution in [1.29, 1.82) is 0 Å². The molecule has 0 amide bonds. The molecule has 0 heterocycles. The molecule has 0 aliphatic heterocycles. The van der Waals surface area contributed by atoms with Crippen LogP contribution in [0.3, 0.4) is 0 Å². The van der Waals surface area contributed by atoms with Gasteiger partial charge in [-0.1, -0.05) is 52.4 Å². The quantitative estimate of drug-likeness (QED) is 0.297. The summed E-state index contributed by atoms with van der Waals surface area (Å²) in [6, 6.07) is 0. The third-order valence-corrected chi connectivity index (χ3v) is 5.34. The molecule has 0 aromatic carbocycles. The SMILES string of the molecule is CCCCCCN(CCCCCC)CCSS(=O)(=O)O. The predicted octanol–water partition coefficient (Wildman–Crippen LogP) is 3.99. The molecule has 0 radical (unpaired) electrons. The van der Waals surface area contributed by atoms with Crippen LogP contribution in [0, 0.1) is 0 Å². The van der Waals surface area contributed by atoms with Crippen molar-refractivity contribution in [2.24, 2.45) is 0 Å². The minimum atomic E-state index is -3.89. The highest BCUT2D eigenvalue weighted by atomic mass is 33.1. The zero-order chi connectivity index (χ0) is 15.3. The van der Waals surface area contributed by atoms with Crippen LogP contribution in [0.1, 0.15) is 65.2 Å². The summed E-state index contributed by atoms with van der Waals surface area (Å²) in [7, 11) is -3.25. The average Bonchev–Trinajstić information content (AvgIpc) is 2.37. The molecular formula is C14H31NO3S2. The maximum atomic E-state index is 10.7. The van der Waals surface area contributed by atoms with Crippen LogP contribution in [0.25, 0.3) is 0 Å². The maximum Gasteiger partial charge on any atom is 0.319 e. The van der Waals surface area contributed by atoms with Crippen LogP contribution >= 0.6 is 10.8 Å². The van der Waals surface area contributed by atoms with E-state index in [-0.39, 0.29) is 0 Å². The van der Waals surface area contributed by atoms with Crippen LogP contribution in [0.5, 0.6) is 0 Å². The minimum absolute atomic E-state index is 0.445. The number of unbranched alkanes of at least 4 members (excludes halogenated alkanes) is 6. The summed E-state index contributed by atoms with van der Waals surface area (Å²) >= 11 is 0. The molecule has 0 aliphatic carbocycles. The van der Waals surface area contributed by atoms with E-state index in [9.17, 15) is 8.42 Å². The Morgan fingerprint density at radius 3 is 1.75 bits per heavy atom. The highest BCUT2D eigenvalue weighted by Crippen LogP contribution is 2.11. The zero-order valence-electron chi connectivity index (χ0n) is 13.0. The molecule has 0 saturated heterocycles. The first kappa shape index (κ1) is 20.2. The van der Waals surface area contributed by atoms with Crippen LogP contribution in [0.2, 0.25) is 0 Å². The Morgan fingerprint density at radius 2 is 1.35 bits per heavy atom. The second-order valence-corrected chi connectivity index (χ2v) is 8.68. The van der Waals surface area contributed by atoms with Gasteiger partial charge in [-0.2, -0.15) is 8.42 Å². The second kappa shape index (κ2) is 12.9. The molecule has 0 bridgehead atoms. The van der Waals surface area contributed by atoms with Crippen LogP contribution in [0.15, 0.2) is 0 Å². The van der Waals surface area contributed by atoms with Crippen molar-refractivity contribution in [3.63, 3.8) is 0 Å². The van der Waals surface area contributed by atoms with E-state index in [2.05, 4.69) is 18.7 Å². The third kappa shape index (κ3) is 14.6. The molecule has 4 nitrogen and oxygen atoms in total.